The Labute approximate surface area is 203 Å². The van der Waals surface area contributed by atoms with Crippen molar-refractivity contribution in [1.29, 1.82) is 0 Å². The quantitative estimate of drug-likeness (QED) is 0.409. The first-order chi connectivity index (χ1) is 17.0. The maximum Gasteiger partial charge on any atom is 0.257 e. The van der Waals surface area contributed by atoms with E-state index in [1.807, 2.05) is 35.2 Å². The third-order valence-electron chi connectivity index (χ3n) is 6.61. The Morgan fingerprint density at radius 2 is 1.69 bits per heavy atom. The molecule has 3 aromatic carbocycles. The minimum atomic E-state index is -0.242. The molecule has 0 spiro atoms. The van der Waals surface area contributed by atoms with Crippen molar-refractivity contribution in [3.8, 4) is 11.3 Å². The Balaban J connectivity index is 1.42. The van der Waals surface area contributed by atoms with Crippen molar-refractivity contribution < 1.29 is 13.6 Å². The maximum absolute atomic E-state index is 13.6. The predicted octanol–water partition coefficient (Wildman–Crippen LogP) is 5.26. The monoisotopic (exact) mass is 470 g/mol. The number of amides is 1. The van der Waals surface area contributed by atoms with Crippen LogP contribution in [-0.2, 0) is 6.54 Å². The number of rotatable bonds is 4. The lowest BCUT2D eigenvalue weighted by Crippen LogP contribution is -2.35. The fraction of sp³-hybridized carbons (Fsp3) is 0.241. The van der Waals surface area contributed by atoms with E-state index in [-0.39, 0.29) is 17.2 Å². The van der Waals surface area contributed by atoms with E-state index < -0.39 is 0 Å². The molecule has 1 aliphatic rings. The van der Waals surface area contributed by atoms with Crippen LogP contribution in [0.15, 0.2) is 82.0 Å². The largest absolute Gasteiger partial charge is 0.455 e. The van der Waals surface area contributed by atoms with Gasteiger partial charge in [-0.05, 0) is 43.2 Å². The molecular formula is C29H27FN2O3. The summed E-state index contributed by atoms with van der Waals surface area (Å²) in [5, 5.41) is 0.417. The van der Waals surface area contributed by atoms with Gasteiger partial charge in [0.25, 0.3) is 5.91 Å². The smallest absolute Gasteiger partial charge is 0.257 e. The lowest BCUT2D eigenvalue weighted by Gasteiger charge is -2.22. The highest BCUT2D eigenvalue weighted by Gasteiger charge is 2.24. The zero-order chi connectivity index (χ0) is 24.4. The molecule has 0 unspecified atom stereocenters. The number of carbonyl (C=O) groups is 1. The molecule has 1 aliphatic heterocycles. The molecule has 0 radical (unpaired) electrons. The summed E-state index contributed by atoms with van der Waals surface area (Å²) in [6, 6.07) is 21.2. The van der Waals surface area contributed by atoms with Gasteiger partial charge in [0.05, 0.1) is 10.9 Å². The van der Waals surface area contributed by atoms with Crippen LogP contribution in [0.3, 0.4) is 0 Å². The van der Waals surface area contributed by atoms with Crippen LogP contribution in [0.4, 0.5) is 4.39 Å². The highest BCUT2D eigenvalue weighted by molar-refractivity contribution is 6.05. The third-order valence-corrected chi connectivity index (χ3v) is 6.61. The molecule has 1 saturated heterocycles. The molecule has 0 aliphatic carbocycles. The molecule has 0 N–H and O–H groups in total. The molecule has 0 atom stereocenters. The highest BCUT2D eigenvalue weighted by Crippen LogP contribution is 2.28. The molecule has 178 valence electrons. The molecule has 2 heterocycles. The summed E-state index contributed by atoms with van der Waals surface area (Å²) in [5.74, 6) is 0.115. The molecule has 5 rings (SSSR count). The van der Waals surface area contributed by atoms with Crippen LogP contribution in [-0.4, -0.2) is 41.9 Å². The second-order valence-electron chi connectivity index (χ2n) is 8.98. The summed E-state index contributed by atoms with van der Waals surface area (Å²) >= 11 is 0. The molecule has 1 fully saturated rings. The summed E-state index contributed by atoms with van der Waals surface area (Å²) in [4.78, 5) is 30.9. The molecule has 35 heavy (non-hydrogen) atoms. The van der Waals surface area contributed by atoms with Crippen LogP contribution in [0.5, 0.6) is 0 Å². The fourth-order valence-corrected chi connectivity index (χ4v) is 4.69. The van der Waals surface area contributed by atoms with Crippen molar-refractivity contribution in [3.63, 3.8) is 0 Å². The number of halogens is 1. The Morgan fingerprint density at radius 3 is 2.46 bits per heavy atom. The van der Waals surface area contributed by atoms with Crippen LogP contribution in [0.2, 0.25) is 0 Å². The van der Waals surface area contributed by atoms with Gasteiger partial charge in [-0.15, -0.1) is 0 Å². The van der Waals surface area contributed by atoms with Crippen molar-refractivity contribution in [2.45, 2.75) is 19.9 Å². The predicted molar refractivity (Wildman–Crippen MR) is 135 cm³/mol. The SMILES string of the molecule is Cc1c(-c2ccccc2)oc2c(C(=O)N3CCCN(Cc4ccc(F)cc4)CC3)cccc2c1=O. The van der Waals surface area contributed by atoms with Crippen LogP contribution in [0.1, 0.15) is 27.9 Å². The normalized spacial score (nSPS) is 14.7. The minimum Gasteiger partial charge on any atom is -0.455 e. The second-order valence-corrected chi connectivity index (χ2v) is 8.98. The molecule has 5 nitrogen and oxygen atoms in total. The maximum atomic E-state index is 13.6. The molecule has 0 saturated carbocycles. The Hall–Kier alpha value is -3.77. The first kappa shape index (κ1) is 23.0. The van der Waals surface area contributed by atoms with Gasteiger partial charge in [0.1, 0.15) is 11.6 Å². The van der Waals surface area contributed by atoms with E-state index >= 15 is 0 Å². The van der Waals surface area contributed by atoms with Gasteiger partial charge in [0.15, 0.2) is 11.0 Å². The van der Waals surface area contributed by atoms with Crippen molar-refractivity contribution in [2.24, 2.45) is 0 Å². The van der Waals surface area contributed by atoms with Crippen LogP contribution >= 0.6 is 0 Å². The van der Waals surface area contributed by atoms with Gasteiger partial charge in [-0.2, -0.15) is 0 Å². The van der Waals surface area contributed by atoms with Crippen LogP contribution in [0.25, 0.3) is 22.3 Å². The van der Waals surface area contributed by atoms with E-state index in [1.54, 1.807) is 37.3 Å². The lowest BCUT2D eigenvalue weighted by molar-refractivity contribution is 0.0762. The highest BCUT2D eigenvalue weighted by atomic mass is 19.1. The van der Waals surface area contributed by atoms with Gasteiger partial charge in [0, 0.05) is 43.9 Å². The van der Waals surface area contributed by atoms with E-state index in [2.05, 4.69) is 4.90 Å². The van der Waals surface area contributed by atoms with Gasteiger partial charge in [0.2, 0.25) is 0 Å². The standard InChI is InChI=1S/C29H27FN2O3/c1-20-26(33)24-9-5-10-25(28(24)35-27(20)22-7-3-2-4-8-22)29(34)32-16-6-15-31(17-18-32)19-21-11-13-23(30)14-12-21/h2-5,7-14H,6,15-19H2,1H3. The van der Waals surface area contributed by atoms with Crippen molar-refractivity contribution in [1.82, 2.24) is 9.80 Å². The van der Waals surface area contributed by atoms with Crippen LogP contribution < -0.4 is 5.43 Å². The summed E-state index contributed by atoms with van der Waals surface area (Å²) in [7, 11) is 0. The molecular weight excluding hydrogens is 443 g/mol. The average molecular weight is 471 g/mol. The number of hydrogen-bond donors (Lipinski definition) is 0. The van der Waals surface area contributed by atoms with Gasteiger partial charge in [-0.25, -0.2) is 4.39 Å². The summed E-state index contributed by atoms with van der Waals surface area (Å²) in [5.41, 5.74) is 2.99. The average Bonchev–Trinajstić information content (AvgIpc) is 3.13. The minimum absolute atomic E-state index is 0.124. The first-order valence-corrected chi connectivity index (χ1v) is 11.9. The summed E-state index contributed by atoms with van der Waals surface area (Å²) < 4.78 is 19.5. The topological polar surface area (TPSA) is 53.8 Å². The van der Waals surface area contributed by atoms with Crippen LogP contribution in [0, 0.1) is 12.7 Å². The van der Waals surface area contributed by atoms with Gasteiger partial charge in [-0.1, -0.05) is 48.5 Å². The van der Waals surface area contributed by atoms with Gasteiger partial charge < -0.3 is 9.32 Å². The zero-order valence-corrected chi connectivity index (χ0v) is 19.7. The molecule has 4 aromatic rings. The van der Waals surface area contributed by atoms with Crippen molar-refractivity contribution >= 4 is 16.9 Å². The lowest BCUT2D eigenvalue weighted by atomic mass is 10.0. The third kappa shape index (κ3) is 4.75. The number of fused-ring (bicyclic) bond motifs is 1. The summed E-state index contributed by atoms with van der Waals surface area (Å²) in [6.07, 6.45) is 0.829. The molecule has 1 amide bonds. The van der Waals surface area contributed by atoms with Gasteiger partial charge >= 0.3 is 0 Å². The Morgan fingerprint density at radius 1 is 0.914 bits per heavy atom. The van der Waals surface area contributed by atoms with E-state index in [0.29, 0.717) is 54.0 Å². The van der Waals surface area contributed by atoms with E-state index in [4.69, 9.17) is 4.42 Å². The van der Waals surface area contributed by atoms with E-state index in [1.165, 1.54) is 12.1 Å². The number of carbonyl (C=O) groups excluding carboxylic acids is 1. The Kier molecular flexibility index (Phi) is 6.47. The van der Waals surface area contributed by atoms with Crippen molar-refractivity contribution in [2.75, 3.05) is 26.2 Å². The second kappa shape index (κ2) is 9.84. The fourth-order valence-electron chi connectivity index (χ4n) is 4.69. The number of para-hydroxylation sites is 1. The Bertz CT molecular complexity index is 1410. The molecule has 0 bridgehead atoms. The number of hydrogen-bond acceptors (Lipinski definition) is 4. The molecule has 1 aromatic heterocycles. The molecule has 6 heteroatoms. The zero-order valence-electron chi connectivity index (χ0n) is 19.7. The summed E-state index contributed by atoms with van der Waals surface area (Å²) in [6.45, 7) is 5.22. The van der Waals surface area contributed by atoms with Gasteiger partial charge in [-0.3, -0.25) is 14.5 Å². The van der Waals surface area contributed by atoms with Crippen molar-refractivity contribution in [3.05, 3.63) is 106 Å². The van der Waals surface area contributed by atoms with E-state index in [0.717, 1.165) is 24.1 Å². The van der Waals surface area contributed by atoms with E-state index in [9.17, 15) is 14.0 Å². The first-order valence-electron chi connectivity index (χ1n) is 11.9. The number of benzene rings is 3. The number of nitrogens with zero attached hydrogens (tertiary/aromatic N) is 2.